The molecule has 0 saturated carbocycles. The summed E-state index contributed by atoms with van der Waals surface area (Å²) >= 11 is 0. The number of aryl methyl sites for hydroxylation is 2. The minimum atomic E-state index is -3.07. The highest BCUT2D eigenvalue weighted by Crippen LogP contribution is 2.15. The molecule has 0 saturated heterocycles. The Morgan fingerprint density at radius 3 is 2.09 bits per heavy atom. The summed E-state index contributed by atoms with van der Waals surface area (Å²) in [5.74, 6) is -0.111. The molecule has 0 N–H and O–H groups in total. The van der Waals surface area contributed by atoms with Crippen LogP contribution in [0, 0.1) is 5.82 Å². The quantitative estimate of drug-likeness (QED) is 0.808. The zero-order chi connectivity index (χ0) is 16.2. The number of sulfone groups is 1. The van der Waals surface area contributed by atoms with Crippen molar-refractivity contribution in [2.45, 2.75) is 37.7 Å². The largest absolute Gasteiger partial charge is 0.228 e. The van der Waals surface area contributed by atoms with Crippen molar-refractivity contribution in [1.29, 1.82) is 0 Å². The Kier molecular flexibility index (Phi) is 5.35. The van der Waals surface area contributed by atoms with Gasteiger partial charge in [0, 0.05) is 0 Å². The zero-order valence-corrected chi connectivity index (χ0v) is 13.7. The van der Waals surface area contributed by atoms with Crippen LogP contribution in [0.5, 0.6) is 0 Å². The molecular formula is C18H21FO2S. The third-order valence-electron chi connectivity index (χ3n) is 3.75. The van der Waals surface area contributed by atoms with Crippen molar-refractivity contribution in [3.05, 3.63) is 71.0 Å². The lowest BCUT2D eigenvalue weighted by atomic mass is 10.0. The molecule has 118 valence electrons. The van der Waals surface area contributed by atoms with Crippen LogP contribution in [0.4, 0.5) is 4.39 Å². The minimum absolute atomic E-state index is 0.0677. The third kappa shape index (κ3) is 4.41. The number of benzene rings is 2. The molecule has 0 atom stereocenters. The number of halogens is 1. The fourth-order valence-electron chi connectivity index (χ4n) is 2.18. The Morgan fingerprint density at radius 1 is 0.909 bits per heavy atom. The highest BCUT2D eigenvalue weighted by Gasteiger charge is 2.16. The summed E-state index contributed by atoms with van der Waals surface area (Å²) in [6.45, 7) is 3.39. The van der Waals surface area contributed by atoms with Gasteiger partial charge in [0.1, 0.15) is 5.82 Å². The van der Waals surface area contributed by atoms with E-state index in [-0.39, 0.29) is 16.8 Å². The van der Waals surface area contributed by atoms with E-state index in [1.165, 1.54) is 6.07 Å². The molecule has 0 aromatic heterocycles. The van der Waals surface area contributed by atoms with E-state index in [9.17, 15) is 12.8 Å². The molecule has 0 aliphatic carbocycles. The van der Waals surface area contributed by atoms with E-state index in [0.717, 1.165) is 17.5 Å². The lowest BCUT2D eigenvalue weighted by Crippen LogP contribution is -2.15. The zero-order valence-electron chi connectivity index (χ0n) is 12.9. The number of hydrogen-bond acceptors (Lipinski definition) is 2. The predicted molar refractivity (Wildman–Crippen MR) is 88.0 cm³/mol. The molecule has 2 rings (SSSR count). The van der Waals surface area contributed by atoms with Gasteiger partial charge in [-0.05, 0) is 49.4 Å². The van der Waals surface area contributed by atoms with Crippen LogP contribution in [0.1, 0.15) is 30.5 Å². The maximum absolute atomic E-state index is 13.6. The van der Waals surface area contributed by atoms with Gasteiger partial charge in [-0.25, -0.2) is 12.8 Å². The van der Waals surface area contributed by atoms with Crippen LogP contribution >= 0.6 is 0 Å². The molecule has 0 fully saturated rings. The predicted octanol–water partition coefficient (Wildman–Crippen LogP) is 3.93. The van der Waals surface area contributed by atoms with E-state index in [1.54, 1.807) is 26.0 Å². The summed E-state index contributed by atoms with van der Waals surface area (Å²) in [5.41, 5.74) is 2.58. The van der Waals surface area contributed by atoms with Gasteiger partial charge < -0.3 is 0 Å². The molecule has 0 aliphatic heterocycles. The Bertz CT molecular complexity index is 719. The molecule has 0 radical (unpaired) electrons. The van der Waals surface area contributed by atoms with Crippen molar-refractivity contribution in [3.63, 3.8) is 0 Å². The summed E-state index contributed by atoms with van der Waals surface area (Å²) in [6.07, 6.45) is 1.37. The molecule has 0 amide bonds. The maximum Gasteiger partial charge on any atom is 0.156 e. The van der Waals surface area contributed by atoms with Gasteiger partial charge >= 0.3 is 0 Å². The lowest BCUT2D eigenvalue weighted by Gasteiger charge is -2.08. The van der Waals surface area contributed by atoms with E-state index in [0.29, 0.717) is 12.0 Å². The molecule has 2 aromatic carbocycles. The Labute approximate surface area is 131 Å². The van der Waals surface area contributed by atoms with E-state index in [4.69, 9.17) is 0 Å². The monoisotopic (exact) mass is 320 g/mol. The van der Waals surface area contributed by atoms with E-state index in [2.05, 4.69) is 0 Å². The fourth-order valence-corrected chi connectivity index (χ4v) is 3.17. The molecule has 0 aliphatic rings. The first-order valence-electron chi connectivity index (χ1n) is 7.41. The molecule has 0 heterocycles. The highest BCUT2D eigenvalue weighted by atomic mass is 32.2. The average Bonchev–Trinajstić information content (AvgIpc) is 2.47. The molecule has 0 unspecified atom stereocenters. The Hall–Kier alpha value is -1.68. The van der Waals surface area contributed by atoms with Crippen LogP contribution in [-0.4, -0.2) is 13.7 Å². The third-order valence-corrected chi connectivity index (χ3v) is 5.92. The van der Waals surface area contributed by atoms with Gasteiger partial charge in [-0.1, -0.05) is 42.5 Å². The van der Waals surface area contributed by atoms with Crippen LogP contribution < -0.4 is 0 Å². The summed E-state index contributed by atoms with van der Waals surface area (Å²) in [4.78, 5) is 0. The second-order valence-corrected chi connectivity index (χ2v) is 8.32. The first kappa shape index (κ1) is 16.7. The van der Waals surface area contributed by atoms with Gasteiger partial charge in [0.15, 0.2) is 9.84 Å². The van der Waals surface area contributed by atoms with Crippen molar-refractivity contribution in [3.8, 4) is 0 Å². The van der Waals surface area contributed by atoms with Gasteiger partial charge in [0.25, 0.3) is 0 Å². The van der Waals surface area contributed by atoms with Crippen molar-refractivity contribution in [2.24, 2.45) is 0 Å². The Balaban J connectivity index is 1.99. The number of hydrogen-bond donors (Lipinski definition) is 0. The lowest BCUT2D eigenvalue weighted by molar-refractivity contribution is 0.586. The summed E-state index contributed by atoms with van der Waals surface area (Å²) in [6, 6.07) is 14.3. The molecule has 2 aromatic rings. The van der Waals surface area contributed by atoms with E-state index < -0.39 is 9.84 Å². The van der Waals surface area contributed by atoms with Crippen molar-refractivity contribution in [2.75, 3.05) is 0 Å². The standard InChI is InChI=1S/C18H21FO2S/c1-14(2)22(20,21)13-16-9-7-15(8-10-16)11-12-17-5-3-4-6-18(17)19/h3-10,14H,11-13H2,1-2H3. The second-order valence-electron chi connectivity index (χ2n) is 5.76. The first-order chi connectivity index (χ1) is 10.4. The molecule has 4 heteroatoms. The van der Waals surface area contributed by atoms with Crippen molar-refractivity contribution >= 4 is 9.84 Å². The van der Waals surface area contributed by atoms with Gasteiger partial charge in [-0.3, -0.25) is 0 Å². The van der Waals surface area contributed by atoms with Crippen LogP contribution in [0.3, 0.4) is 0 Å². The van der Waals surface area contributed by atoms with E-state index in [1.807, 2.05) is 30.3 Å². The van der Waals surface area contributed by atoms with E-state index >= 15 is 0 Å². The van der Waals surface area contributed by atoms with Crippen LogP contribution in [0.2, 0.25) is 0 Å². The van der Waals surface area contributed by atoms with Crippen LogP contribution in [-0.2, 0) is 28.4 Å². The van der Waals surface area contributed by atoms with Gasteiger partial charge in [0.05, 0.1) is 11.0 Å². The normalized spacial score (nSPS) is 11.8. The highest BCUT2D eigenvalue weighted by molar-refractivity contribution is 7.91. The summed E-state index contributed by atoms with van der Waals surface area (Å²) < 4.78 is 37.3. The van der Waals surface area contributed by atoms with Crippen molar-refractivity contribution in [1.82, 2.24) is 0 Å². The smallest absolute Gasteiger partial charge is 0.156 e. The second kappa shape index (κ2) is 7.05. The van der Waals surface area contributed by atoms with Gasteiger partial charge in [-0.15, -0.1) is 0 Å². The van der Waals surface area contributed by atoms with Gasteiger partial charge in [-0.2, -0.15) is 0 Å². The van der Waals surface area contributed by atoms with Crippen LogP contribution in [0.15, 0.2) is 48.5 Å². The molecule has 0 bridgehead atoms. The molecule has 22 heavy (non-hydrogen) atoms. The average molecular weight is 320 g/mol. The summed E-state index contributed by atoms with van der Waals surface area (Å²) in [5, 5.41) is -0.367. The minimum Gasteiger partial charge on any atom is -0.228 e. The molecule has 2 nitrogen and oxygen atoms in total. The molecular weight excluding hydrogens is 299 g/mol. The maximum atomic E-state index is 13.6. The first-order valence-corrected chi connectivity index (χ1v) is 9.13. The van der Waals surface area contributed by atoms with Gasteiger partial charge in [0.2, 0.25) is 0 Å². The van der Waals surface area contributed by atoms with Crippen molar-refractivity contribution < 1.29 is 12.8 Å². The fraction of sp³-hybridized carbons (Fsp3) is 0.333. The topological polar surface area (TPSA) is 34.1 Å². The van der Waals surface area contributed by atoms with Crippen LogP contribution in [0.25, 0.3) is 0 Å². The summed E-state index contributed by atoms with van der Waals surface area (Å²) in [7, 11) is -3.07. The Morgan fingerprint density at radius 2 is 1.50 bits per heavy atom. The number of rotatable bonds is 6. The SMILES string of the molecule is CC(C)S(=O)(=O)Cc1ccc(CCc2ccccc2F)cc1. The molecule has 0 spiro atoms.